The Morgan fingerprint density at radius 1 is 1.28 bits per heavy atom. The van der Waals surface area contributed by atoms with Crippen LogP contribution in [-0.2, 0) is 20.1 Å². The Bertz CT molecular complexity index is 712. The van der Waals surface area contributed by atoms with Crippen LogP contribution in [0.5, 0.6) is 5.75 Å². The van der Waals surface area contributed by atoms with E-state index in [0.29, 0.717) is 24.6 Å². The van der Waals surface area contributed by atoms with Crippen LogP contribution in [0.25, 0.3) is 0 Å². The number of aryl methyl sites for hydroxylation is 1. The molecule has 0 saturated carbocycles. The Hall–Kier alpha value is -2.71. The minimum Gasteiger partial charge on any atom is -0.405 e. The molecule has 1 heterocycles. The highest BCUT2D eigenvalue weighted by molar-refractivity contribution is 5.79. The van der Waals surface area contributed by atoms with Crippen LogP contribution in [0, 0.1) is 0 Å². The molecular weight excluding hydrogens is 335 g/mol. The molecule has 9 heteroatoms. The summed E-state index contributed by atoms with van der Waals surface area (Å²) in [7, 11) is 1.81. The van der Waals surface area contributed by atoms with E-state index in [1.54, 1.807) is 23.0 Å². The molecular formula is C16H20F3N5O. The van der Waals surface area contributed by atoms with Crippen molar-refractivity contribution in [2.24, 2.45) is 12.0 Å². The number of rotatable bonds is 6. The van der Waals surface area contributed by atoms with Crippen molar-refractivity contribution in [1.82, 2.24) is 20.4 Å². The lowest BCUT2D eigenvalue weighted by Gasteiger charge is -2.15. The molecule has 0 aliphatic heterocycles. The average Bonchev–Trinajstić information content (AvgIpc) is 2.95. The average molecular weight is 355 g/mol. The van der Waals surface area contributed by atoms with E-state index in [0.717, 1.165) is 5.56 Å². The number of alkyl halides is 3. The second kappa shape index (κ2) is 8.41. The maximum atomic E-state index is 12.5. The largest absolute Gasteiger partial charge is 0.573 e. The predicted molar refractivity (Wildman–Crippen MR) is 88.0 cm³/mol. The number of halogens is 3. The second-order valence-electron chi connectivity index (χ2n) is 5.23. The van der Waals surface area contributed by atoms with Crippen LogP contribution < -0.4 is 15.4 Å². The van der Waals surface area contributed by atoms with Crippen LogP contribution >= 0.6 is 0 Å². The van der Waals surface area contributed by atoms with E-state index in [1.165, 1.54) is 12.1 Å². The number of benzene rings is 1. The van der Waals surface area contributed by atoms with E-state index >= 15 is 0 Å². The van der Waals surface area contributed by atoms with Gasteiger partial charge < -0.3 is 15.4 Å². The lowest BCUT2D eigenvalue weighted by molar-refractivity contribution is -0.274. The van der Waals surface area contributed by atoms with Gasteiger partial charge in [0.1, 0.15) is 5.75 Å². The van der Waals surface area contributed by atoms with Gasteiger partial charge in [-0.05, 0) is 13.0 Å². The van der Waals surface area contributed by atoms with Crippen molar-refractivity contribution in [3.05, 3.63) is 47.8 Å². The summed E-state index contributed by atoms with van der Waals surface area (Å²) in [5, 5.41) is 10.1. The third-order valence-corrected chi connectivity index (χ3v) is 3.17. The highest BCUT2D eigenvalue weighted by atomic mass is 19.4. The Morgan fingerprint density at radius 3 is 2.68 bits per heavy atom. The fourth-order valence-corrected chi connectivity index (χ4v) is 2.12. The summed E-state index contributed by atoms with van der Waals surface area (Å²) in [5.41, 5.74) is 1.31. The van der Waals surface area contributed by atoms with Gasteiger partial charge in [-0.1, -0.05) is 18.2 Å². The molecule has 1 aromatic heterocycles. The minimum absolute atomic E-state index is 0.144. The number of guanidine groups is 1. The van der Waals surface area contributed by atoms with E-state index in [9.17, 15) is 13.2 Å². The summed E-state index contributed by atoms with van der Waals surface area (Å²) in [4.78, 5) is 4.39. The summed E-state index contributed by atoms with van der Waals surface area (Å²) in [5.74, 6) is 0.263. The Kier molecular flexibility index (Phi) is 6.26. The summed E-state index contributed by atoms with van der Waals surface area (Å²) < 4.78 is 43.1. The molecule has 25 heavy (non-hydrogen) atoms. The molecule has 0 unspecified atom stereocenters. The zero-order chi connectivity index (χ0) is 18.3. The summed E-state index contributed by atoms with van der Waals surface area (Å²) in [6.07, 6.45) is -1.17. The first-order valence-electron chi connectivity index (χ1n) is 7.70. The topological polar surface area (TPSA) is 63.5 Å². The Labute approximate surface area is 143 Å². The number of nitrogens with one attached hydrogen (secondary N) is 2. The quantitative estimate of drug-likeness (QED) is 0.618. The third kappa shape index (κ3) is 6.36. The molecule has 6 nitrogen and oxygen atoms in total. The van der Waals surface area contributed by atoms with Crippen molar-refractivity contribution >= 4 is 5.96 Å². The summed E-state index contributed by atoms with van der Waals surface area (Å²) >= 11 is 0. The maximum Gasteiger partial charge on any atom is 0.573 e. The fourth-order valence-electron chi connectivity index (χ4n) is 2.12. The highest BCUT2D eigenvalue weighted by Gasteiger charge is 2.31. The number of ether oxygens (including phenoxy) is 1. The third-order valence-electron chi connectivity index (χ3n) is 3.17. The monoisotopic (exact) mass is 355 g/mol. The molecule has 2 rings (SSSR count). The van der Waals surface area contributed by atoms with Crippen molar-refractivity contribution in [3.8, 4) is 5.75 Å². The van der Waals surface area contributed by atoms with Gasteiger partial charge in [-0.15, -0.1) is 13.2 Å². The van der Waals surface area contributed by atoms with E-state index in [2.05, 4.69) is 25.5 Å². The molecule has 0 radical (unpaired) electrons. The van der Waals surface area contributed by atoms with Crippen molar-refractivity contribution in [2.75, 3.05) is 6.54 Å². The Morgan fingerprint density at radius 2 is 2.04 bits per heavy atom. The number of aliphatic imine (C=N–C) groups is 1. The molecule has 0 saturated heterocycles. The van der Waals surface area contributed by atoms with Crippen LogP contribution in [0.2, 0.25) is 0 Å². The van der Waals surface area contributed by atoms with Gasteiger partial charge >= 0.3 is 6.36 Å². The molecule has 136 valence electrons. The van der Waals surface area contributed by atoms with Gasteiger partial charge in [0.25, 0.3) is 0 Å². The van der Waals surface area contributed by atoms with E-state index in [1.807, 2.05) is 20.2 Å². The summed E-state index contributed by atoms with van der Waals surface area (Å²) in [6, 6.07) is 6.00. The number of nitrogens with zero attached hydrogens (tertiary/aromatic N) is 3. The van der Waals surface area contributed by atoms with Crippen LogP contribution in [0.15, 0.2) is 41.7 Å². The van der Waals surface area contributed by atoms with Crippen molar-refractivity contribution in [2.45, 2.75) is 26.4 Å². The molecule has 2 N–H and O–H groups in total. The fraction of sp³-hybridized carbons (Fsp3) is 0.375. The van der Waals surface area contributed by atoms with Crippen molar-refractivity contribution < 1.29 is 17.9 Å². The first-order valence-corrected chi connectivity index (χ1v) is 7.70. The lowest BCUT2D eigenvalue weighted by Crippen LogP contribution is -2.37. The van der Waals surface area contributed by atoms with Gasteiger partial charge in [0, 0.05) is 37.5 Å². The van der Waals surface area contributed by atoms with E-state index < -0.39 is 6.36 Å². The highest BCUT2D eigenvalue weighted by Crippen LogP contribution is 2.26. The molecule has 0 aliphatic rings. The van der Waals surface area contributed by atoms with Gasteiger partial charge in [-0.25, -0.2) is 4.99 Å². The zero-order valence-corrected chi connectivity index (χ0v) is 14.0. The van der Waals surface area contributed by atoms with E-state index in [-0.39, 0.29) is 12.3 Å². The van der Waals surface area contributed by atoms with Crippen molar-refractivity contribution in [3.63, 3.8) is 0 Å². The van der Waals surface area contributed by atoms with Crippen LogP contribution in [0.1, 0.15) is 18.1 Å². The van der Waals surface area contributed by atoms with Gasteiger partial charge in [0.05, 0.1) is 12.7 Å². The minimum atomic E-state index is -4.73. The molecule has 0 atom stereocenters. The first-order chi connectivity index (χ1) is 11.9. The standard InChI is InChI=1S/C16H20F3N5O/c1-3-20-15(21-8-12-9-23-24(2)11-12)22-10-13-6-4-5-7-14(13)25-16(17,18)19/h4-7,9,11H,3,8,10H2,1-2H3,(H2,20,21,22). The number of para-hydroxylation sites is 1. The van der Waals surface area contributed by atoms with Crippen LogP contribution in [0.3, 0.4) is 0 Å². The molecule has 0 bridgehead atoms. The van der Waals surface area contributed by atoms with Crippen LogP contribution in [0.4, 0.5) is 13.2 Å². The number of hydrogen-bond donors (Lipinski definition) is 2. The number of hydrogen-bond acceptors (Lipinski definition) is 3. The smallest absolute Gasteiger partial charge is 0.405 e. The Balaban J connectivity index is 2.03. The molecule has 1 aromatic carbocycles. The van der Waals surface area contributed by atoms with Crippen molar-refractivity contribution in [1.29, 1.82) is 0 Å². The predicted octanol–water partition coefficient (Wildman–Crippen LogP) is 2.57. The lowest BCUT2D eigenvalue weighted by atomic mass is 10.2. The maximum absolute atomic E-state index is 12.5. The SMILES string of the molecule is CCNC(=NCc1cnn(C)c1)NCc1ccccc1OC(F)(F)F. The zero-order valence-electron chi connectivity index (χ0n) is 14.0. The molecule has 0 aliphatic carbocycles. The van der Waals surface area contributed by atoms with E-state index in [4.69, 9.17) is 0 Å². The van der Waals surface area contributed by atoms with Gasteiger partial charge in [0.2, 0.25) is 0 Å². The summed E-state index contributed by atoms with van der Waals surface area (Å²) in [6.45, 7) is 3.08. The van der Waals surface area contributed by atoms with Gasteiger partial charge in [0.15, 0.2) is 5.96 Å². The van der Waals surface area contributed by atoms with Gasteiger partial charge in [-0.3, -0.25) is 4.68 Å². The van der Waals surface area contributed by atoms with Gasteiger partial charge in [-0.2, -0.15) is 5.10 Å². The molecule has 0 amide bonds. The van der Waals surface area contributed by atoms with Crippen LogP contribution in [-0.4, -0.2) is 28.6 Å². The molecule has 2 aromatic rings. The normalized spacial score (nSPS) is 12.1. The second-order valence-corrected chi connectivity index (χ2v) is 5.23. The first kappa shape index (κ1) is 18.6. The molecule has 0 spiro atoms. The molecule has 0 fully saturated rings. The number of aromatic nitrogens is 2.